The van der Waals surface area contributed by atoms with Crippen molar-refractivity contribution >= 4 is 40.0 Å². The summed E-state index contributed by atoms with van der Waals surface area (Å²) in [7, 11) is 0. The number of aromatic nitrogens is 2. The average Bonchev–Trinajstić information content (AvgIpc) is 3.20. The van der Waals surface area contributed by atoms with Crippen molar-refractivity contribution in [3.8, 4) is 0 Å². The van der Waals surface area contributed by atoms with E-state index in [0.29, 0.717) is 6.04 Å². The van der Waals surface area contributed by atoms with Crippen LogP contribution < -0.4 is 5.32 Å². The minimum absolute atomic E-state index is 0.424. The molecule has 1 N–H and O–H groups in total. The van der Waals surface area contributed by atoms with Crippen LogP contribution in [-0.4, -0.2) is 40.1 Å². The SMILES string of the molecule is C=C/C=C(\C=C)Cn1c(NC2CCN(CCC3=C=C=C(OI)CC3)CC2)nc2ccccc21. The standard InChI is InChI=1S/C27H31IN4O/c1-3-7-21(4-2)20-32-26-9-6-5-8-25(26)30-27(32)29-23-15-18-31(19-16-23)17-14-22-10-12-24(33-28)13-11-22/h3-9,23H,1-2,10,12,14-20H2,(H,29,30)/b21-7+. The Hall–Kier alpha value is -2.50. The van der Waals surface area contributed by atoms with Crippen LogP contribution in [0.25, 0.3) is 11.0 Å². The number of nitrogens with zero attached hydrogens (tertiary/aromatic N) is 3. The topological polar surface area (TPSA) is 42.3 Å². The molecule has 1 aliphatic heterocycles. The van der Waals surface area contributed by atoms with Gasteiger partial charge in [-0.1, -0.05) is 49.2 Å². The van der Waals surface area contributed by atoms with Crippen LogP contribution in [0.15, 0.2) is 84.0 Å². The maximum atomic E-state index is 5.22. The number of imidazole rings is 1. The van der Waals surface area contributed by atoms with Crippen molar-refractivity contribution in [3.05, 3.63) is 84.0 Å². The highest BCUT2D eigenvalue weighted by atomic mass is 127. The first-order valence-electron chi connectivity index (χ1n) is 11.6. The van der Waals surface area contributed by atoms with Gasteiger partial charge < -0.3 is 17.9 Å². The molecule has 0 saturated carbocycles. The van der Waals surface area contributed by atoms with Crippen LogP contribution in [0, 0.1) is 0 Å². The number of rotatable bonds is 10. The number of benzene rings is 1. The third-order valence-electron chi connectivity index (χ3n) is 6.37. The highest BCUT2D eigenvalue weighted by molar-refractivity contribution is 14.1. The summed E-state index contributed by atoms with van der Waals surface area (Å²) in [5, 5.41) is 3.74. The van der Waals surface area contributed by atoms with Crippen LogP contribution in [0.5, 0.6) is 0 Å². The summed E-state index contributed by atoms with van der Waals surface area (Å²) in [5.74, 6) is 1.83. The molecule has 0 spiro atoms. The molecule has 172 valence electrons. The Morgan fingerprint density at radius 3 is 2.73 bits per heavy atom. The van der Waals surface area contributed by atoms with Gasteiger partial charge in [0.2, 0.25) is 5.95 Å². The summed E-state index contributed by atoms with van der Waals surface area (Å²) in [6.07, 6.45) is 11.0. The Morgan fingerprint density at radius 2 is 2.03 bits per heavy atom. The second kappa shape index (κ2) is 11.6. The van der Waals surface area contributed by atoms with E-state index in [-0.39, 0.29) is 0 Å². The fraction of sp³-hybridized carbons (Fsp3) is 0.370. The number of nitrogens with one attached hydrogen (secondary N) is 1. The summed E-state index contributed by atoms with van der Waals surface area (Å²) >= 11 is 1.92. The van der Waals surface area contributed by atoms with E-state index in [2.05, 4.69) is 57.6 Å². The van der Waals surface area contributed by atoms with E-state index in [1.807, 2.05) is 47.3 Å². The molecule has 0 unspecified atom stereocenters. The number of piperidine rings is 1. The van der Waals surface area contributed by atoms with E-state index in [1.165, 1.54) is 5.57 Å². The summed E-state index contributed by atoms with van der Waals surface area (Å²) in [6.45, 7) is 11.8. The van der Waals surface area contributed by atoms with Gasteiger partial charge >= 0.3 is 0 Å². The van der Waals surface area contributed by atoms with E-state index < -0.39 is 0 Å². The Morgan fingerprint density at radius 1 is 1.21 bits per heavy atom. The number of hydrogen-bond acceptors (Lipinski definition) is 4. The van der Waals surface area contributed by atoms with E-state index in [1.54, 1.807) is 0 Å². The summed E-state index contributed by atoms with van der Waals surface area (Å²) in [4.78, 5) is 7.47. The summed E-state index contributed by atoms with van der Waals surface area (Å²) < 4.78 is 7.48. The molecule has 2 aromatic rings. The van der Waals surface area contributed by atoms with Crippen molar-refractivity contribution in [2.24, 2.45) is 0 Å². The van der Waals surface area contributed by atoms with E-state index >= 15 is 0 Å². The minimum Gasteiger partial charge on any atom is -0.423 e. The zero-order chi connectivity index (χ0) is 23.0. The largest absolute Gasteiger partial charge is 0.423 e. The first kappa shape index (κ1) is 23.7. The quantitative estimate of drug-likeness (QED) is 0.212. The van der Waals surface area contributed by atoms with Crippen molar-refractivity contribution in [2.45, 2.75) is 44.7 Å². The molecule has 33 heavy (non-hydrogen) atoms. The average molecular weight is 554 g/mol. The first-order valence-corrected chi connectivity index (χ1v) is 12.5. The van der Waals surface area contributed by atoms with E-state index in [9.17, 15) is 0 Å². The van der Waals surface area contributed by atoms with Crippen molar-refractivity contribution in [1.82, 2.24) is 14.5 Å². The molecule has 5 nitrogen and oxygen atoms in total. The molecule has 0 radical (unpaired) electrons. The van der Waals surface area contributed by atoms with Crippen molar-refractivity contribution in [3.63, 3.8) is 0 Å². The maximum Gasteiger partial charge on any atom is 0.204 e. The zero-order valence-electron chi connectivity index (χ0n) is 19.0. The van der Waals surface area contributed by atoms with Gasteiger partial charge in [0.15, 0.2) is 28.8 Å². The second-order valence-corrected chi connectivity index (χ2v) is 9.00. The van der Waals surface area contributed by atoms with Gasteiger partial charge in [-0.2, -0.15) is 0 Å². The zero-order valence-corrected chi connectivity index (χ0v) is 21.2. The lowest BCUT2D eigenvalue weighted by Crippen LogP contribution is -2.40. The number of likely N-dealkylation sites (tertiary alicyclic amines) is 1. The number of para-hydroxylation sites is 2. The molecule has 1 saturated heterocycles. The van der Waals surface area contributed by atoms with Crippen molar-refractivity contribution in [2.75, 3.05) is 25.0 Å². The lowest BCUT2D eigenvalue weighted by atomic mass is 10.0. The predicted octanol–water partition coefficient (Wildman–Crippen LogP) is 6.33. The Bertz CT molecular complexity index is 1140. The minimum atomic E-state index is 0.424. The molecule has 6 heteroatoms. The van der Waals surface area contributed by atoms with Crippen LogP contribution >= 0.6 is 23.0 Å². The lowest BCUT2D eigenvalue weighted by molar-refractivity contribution is 0.220. The van der Waals surface area contributed by atoms with Crippen LogP contribution in [-0.2, 0) is 9.61 Å². The van der Waals surface area contributed by atoms with Gasteiger partial charge in [-0.15, -0.1) is 0 Å². The first-order chi connectivity index (χ1) is 16.2. The molecule has 1 aromatic heterocycles. The molecule has 2 heterocycles. The van der Waals surface area contributed by atoms with Crippen LogP contribution in [0.1, 0.15) is 32.1 Å². The molecule has 4 rings (SSSR count). The van der Waals surface area contributed by atoms with Gasteiger partial charge in [-0.3, -0.25) is 0 Å². The molecule has 0 amide bonds. The molecule has 1 aliphatic carbocycles. The van der Waals surface area contributed by atoms with Crippen LogP contribution in [0.3, 0.4) is 0 Å². The highest BCUT2D eigenvalue weighted by Crippen LogP contribution is 2.25. The number of anilines is 1. The number of allylic oxidation sites excluding steroid dienone is 5. The predicted molar refractivity (Wildman–Crippen MR) is 144 cm³/mol. The number of hydrogen-bond donors (Lipinski definition) is 1. The van der Waals surface area contributed by atoms with Crippen LogP contribution in [0.2, 0.25) is 0 Å². The number of fused-ring (bicyclic) bond motifs is 1. The fourth-order valence-electron chi connectivity index (χ4n) is 4.43. The third-order valence-corrected chi connectivity index (χ3v) is 6.90. The smallest absolute Gasteiger partial charge is 0.204 e. The summed E-state index contributed by atoms with van der Waals surface area (Å²) in [5.41, 5.74) is 11.0. The molecule has 0 atom stereocenters. The Labute approximate surface area is 210 Å². The van der Waals surface area contributed by atoms with Gasteiger partial charge in [-0.25, -0.2) is 4.98 Å². The fourth-order valence-corrected chi connectivity index (χ4v) is 4.76. The normalized spacial score (nSPS) is 17.5. The summed E-state index contributed by atoms with van der Waals surface area (Å²) in [6, 6.07) is 8.73. The third kappa shape index (κ3) is 6.10. The van der Waals surface area contributed by atoms with Crippen molar-refractivity contribution < 1.29 is 3.07 Å². The van der Waals surface area contributed by atoms with Crippen LogP contribution in [0.4, 0.5) is 5.95 Å². The van der Waals surface area contributed by atoms with Gasteiger partial charge in [0.05, 0.1) is 17.6 Å². The highest BCUT2D eigenvalue weighted by Gasteiger charge is 2.21. The van der Waals surface area contributed by atoms with E-state index in [4.69, 9.17) is 8.05 Å². The monoisotopic (exact) mass is 554 g/mol. The molecule has 1 fully saturated rings. The van der Waals surface area contributed by atoms with Gasteiger partial charge in [0.1, 0.15) is 0 Å². The second-order valence-electron chi connectivity index (χ2n) is 8.56. The maximum absolute atomic E-state index is 5.22. The Balaban J connectivity index is 1.38. The van der Waals surface area contributed by atoms with E-state index in [0.717, 1.165) is 86.6 Å². The van der Waals surface area contributed by atoms with Crippen molar-refractivity contribution in [1.29, 1.82) is 0 Å². The lowest BCUT2D eigenvalue weighted by Gasteiger charge is -2.32. The number of halogens is 1. The Kier molecular flexibility index (Phi) is 8.30. The molecular weight excluding hydrogens is 523 g/mol. The van der Waals surface area contributed by atoms with Gasteiger partial charge in [-0.05, 0) is 54.7 Å². The molecular formula is C27H31IN4O. The molecule has 0 bridgehead atoms. The molecule has 1 aromatic carbocycles. The van der Waals surface area contributed by atoms with Gasteiger partial charge in [0, 0.05) is 32.1 Å². The molecule has 2 aliphatic rings. The van der Waals surface area contributed by atoms with Gasteiger partial charge in [0.25, 0.3) is 0 Å².